The average molecular weight is 412 g/mol. The minimum Gasteiger partial charge on any atom is -0.486 e. The Bertz CT molecular complexity index is 939. The van der Waals surface area contributed by atoms with E-state index in [4.69, 9.17) is 14.2 Å². The Morgan fingerprint density at radius 3 is 2.43 bits per heavy atom. The van der Waals surface area contributed by atoms with E-state index >= 15 is 0 Å². The number of amides is 2. The topological polar surface area (TPSA) is 94.2 Å². The zero-order valence-electron chi connectivity index (χ0n) is 17.0. The summed E-state index contributed by atoms with van der Waals surface area (Å²) in [7, 11) is 0. The van der Waals surface area contributed by atoms with Crippen molar-refractivity contribution in [2.45, 2.75) is 13.8 Å². The lowest BCUT2D eigenvalue weighted by atomic mass is 10.1. The first-order valence-electron chi connectivity index (χ1n) is 9.77. The van der Waals surface area contributed by atoms with Gasteiger partial charge in [-0.05, 0) is 50.2 Å². The summed E-state index contributed by atoms with van der Waals surface area (Å²) >= 11 is 0. The maximum absolute atomic E-state index is 12.4. The van der Waals surface area contributed by atoms with Crippen LogP contribution in [0.3, 0.4) is 0 Å². The van der Waals surface area contributed by atoms with E-state index in [9.17, 15) is 14.4 Å². The number of ether oxygens (including phenoxy) is 3. The Morgan fingerprint density at radius 1 is 0.967 bits per heavy atom. The second-order valence-corrected chi connectivity index (χ2v) is 6.54. The lowest BCUT2D eigenvalue weighted by Gasteiger charge is -2.19. The summed E-state index contributed by atoms with van der Waals surface area (Å²) in [5.74, 6) is -0.230. The number of nitrogens with one attached hydrogen (secondary N) is 1. The van der Waals surface area contributed by atoms with Crippen LogP contribution >= 0.6 is 0 Å². The Kier molecular flexibility index (Phi) is 6.90. The fraction of sp³-hybridized carbons (Fsp3) is 0.318. The van der Waals surface area contributed by atoms with Crippen LogP contribution in [0.2, 0.25) is 0 Å². The predicted molar refractivity (Wildman–Crippen MR) is 110 cm³/mol. The lowest BCUT2D eigenvalue weighted by molar-refractivity contribution is -0.119. The second kappa shape index (κ2) is 9.78. The number of carbonyl (C=O) groups is 3. The molecule has 0 atom stereocenters. The minimum atomic E-state index is -0.646. The zero-order chi connectivity index (χ0) is 21.5. The van der Waals surface area contributed by atoms with Gasteiger partial charge in [0.05, 0.1) is 5.56 Å². The van der Waals surface area contributed by atoms with Gasteiger partial charge in [0.2, 0.25) is 0 Å². The minimum absolute atomic E-state index is 0.110. The normalized spacial score (nSPS) is 12.1. The van der Waals surface area contributed by atoms with Crippen molar-refractivity contribution in [2.75, 3.05) is 38.2 Å². The maximum Gasteiger partial charge on any atom is 0.338 e. The van der Waals surface area contributed by atoms with E-state index in [1.54, 1.807) is 41.3 Å². The van der Waals surface area contributed by atoms with Crippen molar-refractivity contribution < 1.29 is 28.6 Å². The molecule has 0 aromatic heterocycles. The van der Waals surface area contributed by atoms with Gasteiger partial charge in [0, 0.05) is 24.3 Å². The number of carbonyl (C=O) groups excluding carboxylic acids is 3. The van der Waals surface area contributed by atoms with Gasteiger partial charge in [0.25, 0.3) is 11.8 Å². The molecule has 0 saturated carbocycles. The van der Waals surface area contributed by atoms with E-state index in [2.05, 4.69) is 5.32 Å². The molecule has 3 rings (SSSR count). The van der Waals surface area contributed by atoms with Crippen molar-refractivity contribution in [3.8, 4) is 11.5 Å². The molecule has 0 spiro atoms. The molecule has 0 radical (unpaired) electrons. The van der Waals surface area contributed by atoms with Gasteiger partial charge < -0.3 is 24.4 Å². The van der Waals surface area contributed by atoms with Crippen LogP contribution in [0.1, 0.15) is 34.6 Å². The third-order valence-electron chi connectivity index (χ3n) is 4.56. The number of benzene rings is 2. The van der Waals surface area contributed by atoms with Gasteiger partial charge in [-0.3, -0.25) is 9.59 Å². The summed E-state index contributed by atoms with van der Waals surface area (Å²) in [6.07, 6.45) is 0. The molecule has 2 aromatic carbocycles. The molecule has 1 heterocycles. The molecule has 2 aromatic rings. The molecule has 30 heavy (non-hydrogen) atoms. The van der Waals surface area contributed by atoms with Gasteiger partial charge in [-0.15, -0.1) is 0 Å². The number of anilines is 1. The summed E-state index contributed by atoms with van der Waals surface area (Å²) in [4.78, 5) is 38.5. The number of fused-ring (bicyclic) bond motifs is 1. The van der Waals surface area contributed by atoms with Gasteiger partial charge in [-0.2, -0.15) is 0 Å². The number of hydrogen-bond acceptors (Lipinski definition) is 6. The van der Waals surface area contributed by atoms with Crippen LogP contribution in [0.5, 0.6) is 11.5 Å². The van der Waals surface area contributed by atoms with E-state index in [1.165, 1.54) is 6.07 Å². The van der Waals surface area contributed by atoms with E-state index < -0.39 is 18.5 Å². The van der Waals surface area contributed by atoms with Gasteiger partial charge in [-0.1, -0.05) is 6.07 Å². The van der Waals surface area contributed by atoms with Crippen molar-refractivity contribution in [3.05, 3.63) is 53.6 Å². The van der Waals surface area contributed by atoms with Crippen LogP contribution in [0.25, 0.3) is 0 Å². The second-order valence-electron chi connectivity index (χ2n) is 6.54. The summed E-state index contributed by atoms with van der Waals surface area (Å²) in [6.45, 7) is 5.42. The molecule has 2 amide bonds. The highest BCUT2D eigenvalue weighted by Gasteiger charge is 2.17. The van der Waals surface area contributed by atoms with Crippen molar-refractivity contribution in [1.29, 1.82) is 0 Å². The standard InChI is InChI=1S/C22H24N2O6/c1-3-24(4-2)21(26)15-6-5-7-17(12-15)23-20(25)14-30-22(27)16-8-9-18-19(13-16)29-11-10-28-18/h5-9,12-13H,3-4,10-11,14H2,1-2H3,(H,23,25). The van der Waals surface area contributed by atoms with Gasteiger partial charge >= 0.3 is 5.97 Å². The third-order valence-corrected chi connectivity index (χ3v) is 4.56. The molecule has 1 aliphatic rings. The predicted octanol–water partition coefficient (Wildman–Crippen LogP) is 2.74. The number of hydrogen-bond donors (Lipinski definition) is 1. The molecular formula is C22H24N2O6. The molecule has 158 valence electrons. The summed E-state index contributed by atoms with van der Waals surface area (Å²) in [5, 5.41) is 2.64. The fourth-order valence-corrected chi connectivity index (χ4v) is 3.01. The third kappa shape index (κ3) is 5.08. The van der Waals surface area contributed by atoms with Crippen molar-refractivity contribution in [3.63, 3.8) is 0 Å². The van der Waals surface area contributed by atoms with Crippen molar-refractivity contribution in [1.82, 2.24) is 4.90 Å². The first-order chi connectivity index (χ1) is 14.5. The highest BCUT2D eigenvalue weighted by molar-refractivity contribution is 5.98. The highest BCUT2D eigenvalue weighted by atomic mass is 16.6. The van der Waals surface area contributed by atoms with Gasteiger partial charge in [0.1, 0.15) is 13.2 Å². The summed E-state index contributed by atoms with van der Waals surface area (Å²) in [5.41, 5.74) is 1.19. The molecule has 0 saturated heterocycles. The lowest BCUT2D eigenvalue weighted by Crippen LogP contribution is -2.30. The Balaban J connectivity index is 1.56. The van der Waals surface area contributed by atoms with E-state index in [0.717, 1.165) is 0 Å². The molecular weight excluding hydrogens is 388 g/mol. The summed E-state index contributed by atoms with van der Waals surface area (Å²) < 4.78 is 15.9. The van der Waals surface area contributed by atoms with Gasteiger partial charge in [0.15, 0.2) is 18.1 Å². The molecule has 1 aliphatic heterocycles. The highest BCUT2D eigenvalue weighted by Crippen LogP contribution is 2.30. The van der Waals surface area contributed by atoms with Gasteiger partial charge in [-0.25, -0.2) is 4.79 Å². The van der Waals surface area contributed by atoms with E-state index in [1.807, 2.05) is 13.8 Å². The number of nitrogens with zero attached hydrogens (tertiary/aromatic N) is 1. The van der Waals surface area contributed by atoms with Crippen LogP contribution < -0.4 is 14.8 Å². The van der Waals surface area contributed by atoms with Crippen LogP contribution in [0.4, 0.5) is 5.69 Å². The monoisotopic (exact) mass is 412 g/mol. The largest absolute Gasteiger partial charge is 0.486 e. The fourth-order valence-electron chi connectivity index (χ4n) is 3.01. The first kappa shape index (κ1) is 21.2. The zero-order valence-corrected chi connectivity index (χ0v) is 17.0. The Hall–Kier alpha value is -3.55. The average Bonchev–Trinajstić information content (AvgIpc) is 2.78. The van der Waals surface area contributed by atoms with Crippen LogP contribution in [0, 0.1) is 0 Å². The van der Waals surface area contributed by atoms with Crippen LogP contribution in [0.15, 0.2) is 42.5 Å². The quantitative estimate of drug-likeness (QED) is 0.703. The van der Waals surface area contributed by atoms with E-state index in [-0.39, 0.29) is 11.5 Å². The Labute approximate surface area is 174 Å². The molecule has 1 N–H and O–H groups in total. The first-order valence-corrected chi connectivity index (χ1v) is 9.77. The Morgan fingerprint density at radius 2 is 1.70 bits per heavy atom. The molecule has 0 unspecified atom stereocenters. The van der Waals surface area contributed by atoms with Crippen molar-refractivity contribution in [2.24, 2.45) is 0 Å². The molecule has 0 fully saturated rings. The van der Waals surface area contributed by atoms with Crippen molar-refractivity contribution >= 4 is 23.5 Å². The number of rotatable bonds is 7. The van der Waals surface area contributed by atoms with E-state index in [0.29, 0.717) is 49.1 Å². The molecule has 8 heteroatoms. The molecule has 0 bridgehead atoms. The smallest absolute Gasteiger partial charge is 0.338 e. The number of esters is 1. The maximum atomic E-state index is 12.4. The molecule has 0 aliphatic carbocycles. The van der Waals surface area contributed by atoms with Crippen LogP contribution in [-0.2, 0) is 9.53 Å². The molecule has 8 nitrogen and oxygen atoms in total. The van der Waals surface area contributed by atoms with Crippen LogP contribution in [-0.4, -0.2) is 55.6 Å². The summed E-state index contributed by atoms with van der Waals surface area (Å²) in [6, 6.07) is 11.4. The SMILES string of the molecule is CCN(CC)C(=O)c1cccc(NC(=O)COC(=O)c2ccc3c(c2)OCCO3)c1.